The van der Waals surface area contributed by atoms with Gasteiger partial charge in [-0.05, 0) is 43.7 Å². The molecule has 0 amide bonds. The number of sulfonamides is 1. The SMILES string of the molecule is CCOc1ccc(C(C)NS(=O)(=O)c2ccc(Cl)s2)cc1. The lowest BCUT2D eigenvalue weighted by Gasteiger charge is -2.14. The molecule has 0 aliphatic carbocycles. The van der Waals surface area contributed by atoms with Crippen molar-refractivity contribution in [1.82, 2.24) is 4.72 Å². The molecule has 4 nitrogen and oxygen atoms in total. The minimum atomic E-state index is -3.55. The van der Waals surface area contributed by atoms with E-state index in [0.29, 0.717) is 10.9 Å². The zero-order chi connectivity index (χ0) is 15.5. The van der Waals surface area contributed by atoms with Crippen LogP contribution in [-0.2, 0) is 10.0 Å². The van der Waals surface area contributed by atoms with Crippen molar-refractivity contribution < 1.29 is 13.2 Å². The molecule has 2 rings (SSSR count). The normalized spacial score (nSPS) is 13.1. The van der Waals surface area contributed by atoms with Gasteiger partial charge in [0, 0.05) is 6.04 Å². The number of hydrogen-bond acceptors (Lipinski definition) is 4. The monoisotopic (exact) mass is 345 g/mol. The van der Waals surface area contributed by atoms with Gasteiger partial charge in [-0.15, -0.1) is 11.3 Å². The Kier molecular flexibility index (Phi) is 5.27. The minimum absolute atomic E-state index is 0.213. The van der Waals surface area contributed by atoms with Crippen LogP contribution in [0.2, 0.25) is 4.34 Å². The van der Waals surface area contributed by atoms with Gasteiger partial charge in [-0.3, -0.25) is 0 Å². The van der Waals surface area contributed by atoms with Crippen molar-refractivity contribution in [2.45, 2.75) is 24.1 Å². The van der Waals surface area contributed by atoms with Crippen LogP contribution in [0.15, 0.2) is 40.6 Å². The molecule has 21 heavy (non-hydrogen) atoms. The number of nitrogens with one attached hydrogen (secondary N) is 1. The van der Waals surface area contributed by atoms with E-state index in [-0.39, 0.29) is 10.3 Å². The van der Waals surface area contributed by atoms with Gasteiger partial charge in [0.15, 0.2) is 0 Å². The summed E-state index contributed by atoms with van der Waals surface area (Å²) in [5.41, 5.74) is 0.865. The highest BCUT2D eigenvalue weighted by atomic mass is 35.5. The van der Waals surface area contributed by atoms with Gasteiger partial charge in [-0.2, -0.15) is 0 Å². The molecule has 114 valence electrons. The lowest BCUT2D eigenvalue weighted by atomic mass is 10.1. The molecule has 7 heteroatoms. The summed E-state index contributed by atoms with van der Waals surface area (Å²) in [6, 6.07) is 10.1. The Morgan fingerprint density at radius 2 is 1.90 bits per heavy atom. The van der Waals surface area contributed by atoms with Gasteiger partial charge < -0.3 is 4.74 Å². The van der Waals surface area contributed by atoms with Gasteiger partial charge in [-0.1, -0.05) is 23.7 Å². The molecule has 1 aromatic carbocycles. The average Bonchev–Trinajstić information content (AvgIpc) is 2.87. The summed E-state index contributed by atoms with van der Waals surface area (Å²) >= 11 is 6.82. The first-order valence-electron chi connectivity index (χ1n) is 6.43. The highest BCUT2D eigenvalue weighted by molar-refractivity contribution is 7.91. The first-order valence-corrected chi connectivity index (χ1v) is 9.10. The van der Waals surface area contributed by atoms with Crippen LogP contribution in [-0.4, -0.2) is 15.0 Å². The third-order valence-corrected chi connectivity index (χ3v) is 6.10. The van der Waals surface area contributed by atoms with Crippen molar-refractivity contribution >= 4 is 33.0 Å². The summed E-state index contributed by atoms with van der Waals surface area (Å²) in [6.45, 7) is 4.31. The van der Waals surface area contributed by atoms with E-state index >= 15 is 0 Å². The molecule has 0 spiro atoms. The molecule has 0 fully saturated rings. The van der Waals surface area contributed by atoms with Crippen LogP contribution in [0.1, 0.15) is 25.5 Å². The number of halogens is 1. The van der Waals surface area contributed by atoms with Gasteiger partial charge in [0.25, 0.3) is 10.0 Å². The highest BCUT2D eigenvalue weighted by Gasteiger charge is 2.20. The number of thiophene rings is 1. The van der Waals surface area contributed by atoms with E-state index in [1.54, 1.807) is 13.0 Å². The van der Waals surface area contributed by atoms with E-state index < -0.39 is 10.0 Å². The molecule has 1 heterocycles. The fourth-order valence-electron chi connectivity index (χ4n) is 1.82. The number of rotatable bonds is 6. The van der Waals surface area contributed by atoms with Crippen molar-refractivity contribution in [3.8, 4) is 5.75 Å². The van der Waals surface area contributed by atoms with Crippen LogP contribution in [0.3, 0.4) is 0 Å². The molecule has 2 aromatic rings. The summed E-state index contributed by atoms with van der Waals surface area (Å²) in [5.74, 6) is 0.765. The third kappa shape index (κ3) is 4.20. The first kappa shape index (κ1) is 16.3. The number of hydrogen-bond donors (Lipinski definition) is 1. The van der Waals surface area contributed by atoms with Crippen LogP contribution in [0.25, 0.3) is 0 Å². The topological polar surface area (TPSA) is 55.4 Å². The Morgan fingerprint density at radius 3 is 2.43 bits per heavy atom. The molecule has 1 unspecified atom stereocenters. The molecule has 0 bridgehead atoms. The average molecular weight is 346 g/mol. The second-order valence-electron chi connectivity index (χ2n) is 4.40. The van der Waals surface area contributed by atoms with Crippen LogP contribution in [0, 0.1) is 0 Å². The molecule has 0 aliphatic rings. The highest BCUT2D eigenvalue weighted by Crippen LogP contribution is 2.27. The van der Waals surface area contributed by atoms with Gasteiger partial charge in [0.1, 0.15) is 9.96 Å². The smallest absolute Gasteiger partial charge is 0.250 e. The van der Waals surface area contributed by atoms with Crippen molar-refractivity contribution in [1.29, 1.82) is 0 Å². The lowest BCUT2D eigenvalue weighted by molar-refractivity contribution is 0.340. The van der Waals surface area contributed by atoms with E-state index in [0.717, 1.165) is 22.6 Å². The number of benzene rings is 1. The van der Waals surface area contributed by atoms with Crippen molar-refractivity contribution in [3.05, 3.63) is 46.3 Å². The largest absolute Gasteiger partial charge is 0.494 e. The fourth-order valence-corrected chi connectivity index (χ4v) is 4.55. The van der Waals surface area contributed by atoms with Crippen LogP contribution in [0.4, 0.5) is 0 Å². The standard InChI is InChI=1S/C14H16ClNO3S2/c1-3-19-12-6-4-11(5-7-12)10(2)16-21(17,18)14-9-8-13(15)20-14/h4-10,16H,3H2,1-2H3. The van der Waals surface area contributed by atoms with E-state index in [9.17, 15) is 8.42 Å². The zero-order valence-corrected chi connectivity index (χ0v) is 14.1. The fraction of sp³-hybridized carbons (Fsp3) is 0.286. The second kappa shape index (κ2) is 6.79. The predicted octanol–water partition coefficient (Wildman–Crippen LogP) is 3.84. The molecule has 0 saturated carbocycles. The minimum Gasteiger partial charge on any atom is -0.494 e. The first-order chi connectivity index (χ1) is 9.92. The van der Waals surface area contributed by atoms with Crippen molar-refractivity contribution in [2.75, 3.05) is 6.61 Å². The second-order valence-corrected chi connectivity index (χ2v) is 8.06. The van der Waals surface area contributed by atoms with Crippen LogP contribution >= 0.6 is 22.9 Å². The molecule has 0 saturated heterocycles. The molecule has 0 aliphatic heterocycles. The quantitative estimate of drug-likeness (QED) is 0.865. The molecule has 0 radical (unpaired) electrons. The van der Waals surface area contributed by atoms with Gasteiger partial charge >= 0.3 is 0 Å². The lowest BCUT2D eigenvalue weighted by Crippen LogP contribution is -2.26. The Morgan fingerprint density at radius 1 is 1.24 bits per heavy atom. The van der Waals surface area contributed by atoms with Crippen LogP contribution in [0.5, 0.6) is 5.75 Å². The summed E-state index contributed by atoms with van der Waals surface area (Å²) in [4.78, 5) is 0. The predicted molar refractivity (Wildman–Crippen MR) is 85.7 cm³/mol. The van der Waals surface area contributed by atoms with Gasteiger partial charge in [-0.25, -0.2) is 13.1 Å². The molecule has 1 N–H and O–H groups in total. The van der Waals surface area contributed by atoms with E-state index in [2.05, 4.69) is 4.72 Å². The molecule has 1 atom stereocenters. The number of ether oxygens (including phenoxy) is 1. The molecular formula is C14H16ClNO3S2. The Labute approximate surface area is 133 Å². The maximum absolute atomic E-state index is 12.2. The van der Waals surface area contributed by atoms with Gasteiger partial charge in [0.2, 0.25) is 0 Å². The van der Waals surface area contributed by atoms with Crippen LogP contribution < -0.4 is 9.46 Å². The summed E-state index contributed by atoms with van der Waals surface area (Å²) in [5, 5.41) is 0. The Bertz CT molecular complexity index is 695. The molecule has 1 aromatic heterocycles. The maximum Gasteiger partial charge on any atom is 0.250 e. The Hall–Kier alpha value is -1.08. The Balaban J connectivity index is 2.11. The van der Waals surface area contributed by atoms with Crippen molar-refractivity contribution in [3.63, 3.8) is 0 Å². The van der Waals surface area contributed by atoms with Gasteiger partial charge in [0.05, 0.1) is 10.9 Å². The summed E-state index contributed by atoms with van der Waals surface area (Å²) in [7, 11) is -3.55. The zero-order valence-electron chi connectivity index (χ0n) is 11.7. The van der Waals surface area contributed by atoms with E-state index in [1.165, 1.54) is 6.07 Å². The molecular weight excluding hydrogens is 330 g/mol. The summed E-state index contributed by atoms with van der Waals surface area (Å²) < 4.78 is 33.1. The van der Waals surface area contributed by atoms with E-state index in [4.69, 9.17) is 16.3 Å². The summed E-state index contributed by atoms with van der Waals surface area (Å²) in [6.07, 6.45) is 0. The maximum atomic E-state index is 12.2. The van der Waals surface area contributed by atoms with E-state index in [1.807, 2.05) is 31.2 Å². The van der Waals surface area contributed by atoms with Crippen molar-refractivity contribution in [2.24, 2.45) is 0 Å². The third-order valence-electron chi connectivity index (χ3n) is 2.84.